The van der Waals surface area contributed by atoms with Gasteiger partial charge in [0.2, 0.25) is 5.91 Å². The average Bonchev–Trinajstić information content (AvgIpc) is 3.31. The first-order chi connectivity index (χ1) is 15.0. The van der Waals surface area contributed by atoms with Gasteiger partial charge in [0.15, 0.2) is 0 Å². The molecule has 5 rings (SSSR count). The van der Waals surface area contributed by atoms with Crippen molar-refractivity contribution in [2.75, 3.05) is 11.9 Å². The van der Waals surface area contributed by atoms with Crippen LogP contribution in [0.4, 0.5) is 5.69 Å². The lowest BCUT2D eigenvalue weighted by atomic mass is 10.1. The number of hydrogen-bond donors (Lipinski definition) is 1. The molecule has 0 aliphatic carbocycles. The van der Waals surface area contributed by atoms with E-state index in [4.69, 9.17) is 0 Å². The number of nitrogens with zero attached hydrogens (tertiary/aromatic N) is 3. The Kier molecular flexibility index (Phi) is 4.56. The molecule has 152 valence electrons. The number of fused-ring (bicyclic) bond motifs is 2. The van der Waals surface area contributed by atoms with Crippen LogP contribution in [0.3, 0.4) is 0 Å². The molecule has 31 heavy (non-hydrogen) atoms. The summed E-state index contributed by atoms with van der Waals surface area (Å²) in [6, 6.07) is 16.0. The zero-order chi connectivity index (χ0) is 21.5. The van der Waals surface area contributed by atoms with Crippen LogP contribution in [0.15, 0.2) is 60.8 Å². The largest absolute Gasteiger partial charge is 0.324 e. The molecule has 3 heterocycles. The van der Waals surface area contributed by atoms with E-state index in [-0.39, 0.29) is 6.54 Å². The van der Waals surface area contributed by atoms with Crippen LogP contribution in [0, 0.1) is 6.92 Å². The van der Waals surface area contributed by atoms with Gasteiger partial charge in [-0.1, -0.05) is 23.5 Å². The van der Waals surface area contributed by atoms with Gasteiger partial charge in [-0.05, 0) is 55.0 Å². The molecule has 0 unspecified atom stereocenters. The molecule has 1 N–H and O–H groups in total. The molecule has 0 saturated heterocycles. The number of nitrogens with one attached hydrogen (secondary N) is 1. The van der Waals surface area contributed by atoms with E-state index in [1.165, 1.54) is 11.3 Å². The molecule has 0 fully saturated rings. The summed E-state index contributed by atoms with van der Waals surface area (Å²) in [7, 11) is 0. The Labute approximate surface area is 181 Å². The third kappa shape index (κ3) is 3.36. The van der Waals surface area contributed by atoms with Crippen molar-refractivity contribution in [3.05, 3.63) is 77.5 Å². The normalized spacial score (nSPS) is 13.0. The minimum absolute atomic E-state index is 0.325. The summed E-state index contributed by atoms with van der Waals surface area (Å²) in [5.74, 6) is -1.34. The zero-order valence-corrected chi connectivity index (χ0v) is 17.3. The Morgan fingerprint density at radius 3 is 2.45 bits per heavy atom. The Bertz CT molecular complexity index is 1310. The van der Waals surface area contributed by atoms with Crippen molar-refractivity contribution in [1.29, 1.82) is 0 Å². The van der Waals surface area contributed by atoms with Crippen molar-refractivity contribution in [3.8, 4) is 10.6 Å². The monoisotopic (exact) mass is 428 g/mol. The molecular weight excluding hydrogens is 412 g/mol. The van der Waals surface area contributed by atoms with E-state index in [1.54, 1.807) is 36.5 Å². The van der Waals surface area contributed by atoms with Crippen LogP contribution in [0.25, 0.3) is 20.9 Å². The van der Waals surface area contributed by atoms with Crippen LogP contribution in [0.1, 0.15) is 26.3 Å². The van der Waals surface area contributed by atoms with Crippen molar-refractivity contribution in [2.45, 2.75) is 6.92 Å². The highest BCUT2D eigenvalue weighted by Crippen LogP contribution is 2.31. The average molecular weight is 428 g/mol. The molecule has 8 heteroatoms. The smallest absolute Gasteiger partial charge is 0.262 e. The molecule has 0 radical (unpaired) electrons. The standard InChI is InChI=1S/C23H16N4O3S/c1-13-11-14(20-26-18-7-4-10-24-21(18)31-20)8-9-17(13)25-19(28)12-27-22(29)15-5-2-3-6-16(15)23(27)30/h2-11H,12H2,1H3,(H,25,28). The molecule has 0 bridgehead atoms. The van der Waals surface area contributed by atoms with Gasteiger partial charge in [-0.25, -0.2) is 9.97 Å². The predicted octanol–water partition coefficient (Wildman–Crippen LogP) is 3.90. The quantitative estimate of drug-likeness (QED) is 0.498. The van der Waals surface area contributed by atoms with Gasteiger partial charge in [0, 0.05) is 17.4 Å². The molecule has 1 aliphatic rings. The van der Waals surface area contributed by atoms with E-state index < -0.39 is 17.7 Å². The van der Waals surface area contributed by atoms with E-state index in [1.807, 2.05) is 31.2 Å². The maximum atomic E-state index is 12.6. The minimum Gasteiger partial charge on any atom is -0.324 e. The van der Waals surface area contributed by atoms with Crippen molar-refractivity contribution >= 4 is 45.1 Å². The third-order valence-electron chi connectivity index (χ3n) is 5.09. The number of hydrogen-bond acceptors (Lipinski definition) is 6. The number of aromatic nitrogens is 2. The number of carbonyl (C=O) groups excluding carboxylic acids is 3. The second kappa shape index (κ2) is 7.41. The van der Waals surface area contributed by atoms with Gasteiger partial charge in [-0.15, -0.1) is 0 Å². The molecule has 2 aromatic carbocycles. The number of carbonyl (C=O) groups is 3. The van der Waals surface area contributed by atoms with Crippen molar-refractivity contribution in [3.63, 3.8) is 0 Å². The first-order valence-electron chi connectivity index (χ1n) is 9.59. The lowest BCUT2D eigenvalue weighted by molar-refractivity contribution is -0.116. The van der Waals surface area contributed by atoms with Gasteiger partial charge in [-0.2, -0.15) is 0 Å². The lowest BCUT2D eigenvalue weighted by Crippen LogP contribution is -2.37. The summed E-state index contributed by atoms with van der Waals surface area (Å²) in [4.78, 5) is 48.2. The van der Waals surface area contributed by atoms with Crippen molar-refractivity contribution in [2.24, 2.45) is 0 Å². The number of amides is 3. The predicted molar refractivity (Wildman–Crippen MR) is 118 cm³/mol. The van der Waals surface area contributed by atoms with Gasteiger partial charge in [0.1, 0.15) is 21.9 Å². The van der Waals surface area contributed by atoms with Gasteiger partial charge in [0.25, 0.3) is 11.8 Å². The van der Waals surface area contributed by atoms with E-state index in [0.29, 0.717) is 16.8 Å². The van der Waals surface area contributed by atoms with Crippen molar-refractivity contribution < 1.29 is 14.4 Å². The number of aryl methyl sites for hydroxylation is 1. The van der Waals surface area contributed by atoms with Gasteiger partial charge in [0.05, 0.1) is 11.1 Å². The molecule has 0 atom stereocenters. The highest BCUT2D eigenvalue weighted by atomic mass is 32.1. The van der Waals surface area contributed by atoms with Crippen LogP contribution in [0.5, 0.6) is 0 Å². The molecule has 0 saturated carbocycles. The van der Waals surface area contributed by atoms with E-state index in [0.717, 1.165) is 31.4 Å². The van der Waals surface area contributed by atoms with Crippen LogP contribution < -0.4 is 5.32 Å². The fraction of sp³-hybridized carbons (Fsp3) is 0.0870. The number of anilines is 1. The van der Waals surface area contributed by atoms with Crippen LogP contribution in [-0.4, -0.2) is 39.1 Å². The molecular formula is C23H16N4O3S. The number of pyridine rings is 1. The highest BCUT2D eigenvalue weighted by Gasteiger charge is 2.36. The number of benzene rings is 2. The Balaban J connectivity index is 1.32. The maximum Gasteiger partial charge on any atom is 0.262 e. The summed E-state index contributed by atoms with van der Waals surface area (Å²) in [5.41, 5.74) is 3.89. The summed E-state index contributed by atoms with van der Waals surface area (Å²) >= 11 is 1.50. The van der Waals surface area contributed by atoms with E-state index in [9.17, 15) is 14.4 Å². The third-order valence-corrected chi connectivity index (χ3v) is 6.12. The number of rotatable bonds is 4. The Morgan fingerprint density at radius 1 is 1.03 bits per heavy atom. The van der Waals surface area contributed by atoms with Crippen LogP contribution >= 0.6 is 11.3 Å². The highest BCUT2D eigenvalue weighted by molar-refractivity contribution is 7.21. The minimum atomic E-state index is -0.452. The van der Waals surface area contributed by atoms with Crippen LogP contribution in [-0.2, 0) is 4.79 Å². The molecule has 4 aromatic rings. The van der Waals surface area contributed by atoms with Crippen molar-refractivity contribution in [1.82, 2.24) is 14.9 Å². The number of imide groups is 1. The summed E-state index contributed by atoms with van der Waals surface area (Å²) in [6.45, 7) is 1.55. The molecule has 1 aliphatic heterocycles. The van der Waals surface area contributed by atoms with E-state index >= 15 is 0 Å². The number of thiazole rings is 1. The maximum absolute atomic E-state index is 12.6. The van der Waals surface area contributed by atoms with E-state index in [2.05, 4.69) is 15.3 Å². The first kappa shape index (κ1) is 19.1. The van der Waals surface area contributed by atoms with Gasteiger partial charge >= 0.3 is 0 Å². The zero-order valence-electron chi connectivity index (χ0n) is 16.5. The fourth-order valence-corrected chi connectivity index (χ4v) is 4.45. The van der Waals surface area contributed by atoms with Crippen LogP contribution in [0.2, 0.25) is 0 Å². The Hall–Kier alpha value is -3.91. The fourth-order valence-electron chi connectivity index (χ4n) is 3.55. The Morgan fingerprint density at radius 2 is 1.77 bits per heavy atom. The second-order valence-electron chi connectivity index (χ2n) is 7.17. The lowest BCUT2D eigenvalue weighted by Gasteiger charge is -2.15. The SMILES string of the molecule is Cc1cc(-c2nc3cccnc3s2)ccc1NC(=O)CN1C(=O)c2ccccc2C1=O. The summed E-state index contributed by atoms with van der Waals surface area (Å²) < 4.78 is 0. The topological polar surface area (TPSA) is 92.3 Å². The molecule has 2 aromatic heterocycles. The van der Waals surface area contributed by atoms with Gasteiger partial charge in [-0.3, -0.25) is 19.3 Å². The summed E-state index contributed by atoms with van der Waals surface area (Å²) in [5, 5.41) is 3.64. The van der Waals surface area contributed by atoms with Gasteiger partial charge < -0.3 is 5.32 Å². The second-order valence-corrected chi connectivity index (χ2v) is 8.14. The molecule has 3 amide bonds. The summed E-state index contributed by atoms with van der Waals surface area (Å²) in [6.07, 6.45) is 1.74. The first-order valence-corrected chi connectivity index (χ1v) is 10.4. The molecule has 7 nitrogen and oxygen atoms in total. The molecule has 0 spiro atoms.